The minimum Gasteiger partial charge on any atom is -0.369 e. The van der Waals surface area contributed by atoms with Crippen molar-refractivity contribution in [2.75, 3.05) is 22.5 Å². The Balaban J connectivity index is 1.55. The second-order valence-electron chi connectivity index (χ2n) is 8.65. The molecule has 4 aromatic rings. The SMILES string of the molecule is CCN(c1ccc(NC(=O)CSc2nc3ccccc3c(=O)n2-c2ccc(C)cc2)cc1)C(C)C. The van der Waals surface area contributed by atoms with Gasteiger partial charge in [0.05, 0.1) is 22.3 Å². The molecule has 0 fully saturated rings. The van der Waals surface area contributed by atoms with E-state index in [0.29, 0.717) is 22.1 Å². The van der Waals surface area contributed by atoms with E-state index in [1.807, 2.05) is 73.7 Å². The first-order chi connectivity index (χ1) is 16.9. The van der Waals surface area contributed by atoms with Gasteiger partial charge >= 0.3 is 0 Å². The number of para-hydroxylation sites is 1. The third-order valence-electron chi connectivity index (χ3n) is 5.82. The number of amides is 1. The van der Waals surface area contributed by atoms with Crippen LogP contribution in [0.1, 0.15) is 26.3 Å². The van der Waals surface area contributed by atoms with Crippen LogP contribution in [0.25, 0.3) is 16.6 Å². The van der Waals surface area contributed by atoms with Crippen molar-refractivity contribution in [3.63, 3.8) is 0 Å². The number of aryl methyl sites for hydroxylation is 1. The minimum absolute atomic E-state index is 0.130. The van der Waals surface area contributed by atoms with Crippen molar-refractivity contribution in [3.8, 4) is 5.69 Å². The topological polar surface area (TPSA) is 67.2 Å². The van der Waals surface area contributed by atoms with E-state index < -0.39 is 0 Å². The molecule has 7 heteroatoms. The molecular weight excluding hydrogens is 456 g/mol. The van der Waals surface area contributed by atoms with Gasteiger partial charge in [0.25, 0.3) is 5.56 Å². The van der Waals surface area contributed by atoms with E-state index in [1.165, 1.54) is 11.8 Å². The summed E-state index contributed by atoms with van der Waals surface area (Å²) in [5.74, 6) is -0.0253. The van der Waals surface area contributed by atoms with Gasteiger partial charge in [0.15, 0.2) is 5.16 Å². The van der Waals surface area contributed by atoms with Crippen molar-refractivity contribution in [2.45, 2.75) is 38.9 Å². The van der Waals surface area contributed by atoms with Crippen molar-refractivity contribution in [1.82, 2.24) is 9.55 Å². The number of benzene rings is 3. The Labute approximate surface area is 210 Å². The molecule has 1 heterocycles. The zero-order valence-electron chi connectivity index (χ0n) is 20.5. The molecule has 6 nitrogen and oxygen atoms in total. The summed E-state index contributed by atoms with van der Waals surface area (Å²) in [4.78, 5) is 33.1. The van der Waals surface area contributed by atoms with E-state index in [9.17, 15) is 9.59 Å². The molecular formula is C28H30N4O2S. The van der Waals surface area contributed by atoms with Gasteiger partial charge in [0, 0.05) is 24.0 Å². The van der Waals surface area contributed by atoms with E-state index in [4.69, 9.17) is 4.98 Å². The van der Waals surface area contributed by atoms with Gasteiger partial charge in [-0.3, -0.25) is 14.2 Å². The summed E-state index contributed by atoms with van der Waals surface area (Å²) in [6.07, 6.45) is 0. The van der Waals surface area contributed by atoms with Gasteiger partial charge in [0.1, 0.15) is 0 Å². The molecule has 0 aliphatic carbocycles. The third-order valence-corrected chi connectivity index (χ3v) is 6.75. The largest absolute Gasteiger partial charge is 0.369 e. The van der Waals surface area contributed by atoms with Crippen LogP contribution in [0.2, 0.25) is 0 Å². The second-order valence-corrected chi connectivity index (χ2v) is 9.59. The minimum atomic E-state index is -0.156. The first-order valence-electron chi connectivity index (χ1n) is 11.8. The monoisotopic (exact) mass is 486 g/mol. The van der Waals surface area contributed by atoms with Crippen molar-refractivity contribution in [3.05, 3.63) is 88.7 Å². The highest BCUT2D eigenvalue weighted by Gasteiger charge is 2.15. The average molecular weight is 487 g/mol. The van der Waals surface area contributed by atoms with Crippen LogP contribution in [-0.2, 0) is 4.79 Å². The highest BCUT2D eigenvalue weighted by atomic mass is 32.2. The molecule has 4 rings (SSSR count). The van der Waals surface area contributed by atoms with Gasteiger partial charge in [-0.1, -0.05) is 41.6 Å². The lowest BCUT2D eigenvalue weighted by Crippen LogP contribution is -2.30. The standard InChI is InChI=1S/C28H30N4O2S/c1-5-31(19(2)3)22-16-12-21(13-17-22)29-26(33)18-35-28-30-25-9-7-6-8-24(25)27(34)32(28)23-14-10-20(4)11-15-23/h6-17,19H,5,18H2,1-4H3,(H,29,33). The van der Waals surface area contributed by atoms with Crippen molar-refractivity contribution < 1.29 is 4.79 Å². The smallest absolute Gasteiger partial charge is 0.266 e. The summed E-state index contributed by atoms with van der Waals surface area (Å²) in [6, 6.07) is 23.3. The molecule has 0 aliphatic heterocycles. The van der Waals surface area contributed by atoms with Crippen LogP contribution in [0.15, 0.2) is 82.7 Å². The lowest BCUT2D eigenvalue weighted by atomic mass is 10.2. The first kappa shape index (κ1) is 24.5. The van der Waals surface area contributed by atoms with Crippen LogP contribution in [0, 0.1) is 6.92 Å². The van der Waals surface area contributed by atoms with E-state index in [0.717, 1.165) is 29.2 Å². The van der Waals surface area contributed by atoms with Crippen LogP contribution in [0.4, 0.5) is 11.4 Å². The lowest BCUT2D eigenvalue weighted by Gasteiger charge is -2.27. The molecule has 1 N–H and O–H groups in total. The Morgan fingerprint density at radius 1 is 1.03 bits per heavy atom. The molecule has 0 aliphatic rings. The van der Waals surface area contributed by atoms with Crippen LogP contribution in [-0.4, -0.2) is 33.8 Å². The maximum atomic E-state index is 13.3. The molecule has 0 spiro atoms. The number of carbonyl (C=O) groups excluding carboxylic acids is 1. The molecule has 0 unspecified atom stereocenters. The normalized spacial score (nSPS) is 11.1. The van der Waals surface area contributed by atoms with Crippen LogP contribution < -0.4 is 15.8 Å². The maximum Gasteiger partial charge on any atom is 0.266 e. The molecule has 1 amide bonds. The quantitative estimate of drug-likeness (QED) is 0.257. The Hall–Kier alpha value is -3.58. The van der Waals surface area contributed by atoms with E-state index in [2.05, 4.69) is 31.0 Å². The van der Waals surface area contributed by atoms with Gasteiger partial charge in [-0.15, -0.1) is 0 Å². The van der Waals surface area contributed by atoms with E-state index in [1.54, 1.807) is 10.6 Å². The van der Waals surface area contributed by atoms with Gasteiger partial charge in [-0.05, 0) is 76.2 Å². The molecule has 0 atom stereocenters. The van der Waals surface area contributed by atoms with Crippen LogP contribution in [0.3, 0.4) is 0 Å². The highest BCUT2D eigenvalue weighted by Crippen LogP contribution is 2.23. The molecule has 0 bridgehead atoms. The fraction of sp³-hybridized carbons (Fsp3) is 0.250. The Kier molecular flexibility index (Phi) is 7.56. The van der Waals surface area contributed by atoms with Crippen LogP contribution >= 0.6 is 11.8 Å². The van der Waals surface area contributed by atoms with Gasteiger partial charge in [-0.25, -0.2) is 4.98 Å². The van der Waals surface area contributed by atoms with E-state index >= 15 is 0 Å². The second kappa shape index (κ2) is 10.8. The number of thioether (sulfide) groups is 1. The Bertz CT molecular complexity index is 1380. The van der Waals surface area contributed by atoms with Gasteiger partial charge in [-0.2, -0.15) is 0 Å². The Morgan fingerprint density at radius 3 is 2.37 bits per heavy atom. The predicted molar refractivity (Wildman–Crippen MR) is 146 cm³/mol. The maximum absolute atomic E-state index is 13.3. The molecule has 0 saturated heterocycles. The zero-order valence-corrected chi connectivity index (χ0v) is 21.3. The Morgan fingerprint density at radius 2 is 1.71 bits per heavy atom. The van der Waals surface area contributed by atoms with Gasteiger partial charge in [0.2, 0.25) is 5.91 Å². The lowest BCUT2D eigenvalue weighted by molar-refractivity contribution is -0.113. The number of hydrogen-bond acceptors (Lipinski definition) is 5. The number of aromatic nitrogens is 2. The molecule has 0 saturated carbocycles. The fourth-order valence-corrected chi connectivity index (χ4v) is 4.85. The third kappa shape index (κ3) is 5.57. The summed E-state index contributed by atoms with van der Waals surface area (Å²) in [7, 11) is 0. The number of anilines is 2. The number of nitrogens with one attached hydrogen (secondary N) is 1. The molecule has 180 valence electrons. The van der Waals surface area contributed by atoms with Crippen molar-refractivity contribution in [2.24, 2.45) is 0 Å². The van der Waals surface area contributed by atoms with Crippen molar-refractivity contribution in [1.29, 1.82) is 0 Å². The van der Waals surface area contributed by atoms with Gasteiger partial charge < -0.3 is 10.2 Å². The average Bonchev–Trinajstić information content (AvgIpc) is 2.85. The number of carbonyl (C=O) groups is 1. The number of fused-ring (bicyclic) bond motifs is 1. The summed E-state index contributed by atoms with van der Waals surface area (Å²) in [5.41, 5.74) is 4.15. The zero-order chi connectivity index (χ0) is 24.9. The number of rotatable bonds is 8. The van der Waals surface area contributed by atoms with E-state index in [-0.39, 0.29) is 17.2 Å². The summed E-state index contributed by atoms with van der Waals surface area (Å²) < 4.78 is 1.58. The summed E-state index contributed by atoms with van der Waals surface area (Å²) in [6.45, 7) is 9.37. The summed E-state index contributed by atoms with van der Waals surface area (Å²) in [5, 5.41) is 3.98. The predicted octanol–water partition coefficient (Wildman–Crippen LogP) is 5.66. The fourth-order valence-electron chi connectivity index (χ4n) is 4.04. The molecule has 3 aromatic carbocycles. The molecule has 1 aromatic heterocycles. The number of nitrogens with zero attached hydrogens (tertiary/aromatic N) is 3. The summed E-state index contributed by atoms with van der Waals surface area (Å²) >= 11 is 1.25. The van der Waals surface area contributed by atoms with Crippen molar-refractivity contribution >= 4 is 39.9 Å². The highest BCUT2D eigenvalue weighted by molar-refractivity contribution is 7.99. The first-order valence-corrected chi connectivity index (χ1v) is 12.7. The number of hydrogen-bond donors (Lipinski definition) is 1. The molecule has 35 heavy (non-hydrogen) atoms. The molecule has 0 radical (unpaired) electrons. The van der Waals surface area contributed by atoms with Crippen LogP contribution in [0.5, 0.6) is 0 Å².